The zero-order valence-electron chi connectivity index (χ0n) is 37.0. The molecule has 6 saturated heterocycles. The maximum Gasteiger partial charge on any atom is 0.188 e. The van der Waals surface area contributed by atoms with E-state index in [-0.39, 0.29) is 0 Å². The van der Waals surface area contributed by atoms with Crippen LogP contribution in [0.4, 0.5) is 0 Å². The van der Waals surface area contributed by atoms with Gasteiger partial charge in [-0.1, -0.05) is 0 Å². The molecule has 10 unspecified atom stereocenters. The molecule has 410 valence electrons. The monoisotopic (exact) mass is 1030 g/mol. The molecule has 30 atom stereocenters. The van der Waals surface area contributed by atoms with E-state index in [9.17, 15) is 97.0 Å². The highest BCUT2D eigenvalue weighted by Crippen LogP contribution is 2.38. The van der Waals surface area contributed by atoms with E-state index in [1.54, 1.807) is 0 Å². The molecule has 70 heavy (non-hydrogen) atoms. The molecule has 0 aromatic rings. The largest absolute Gasteiger partial charge is 0.394 e. The summed E-state index contributed by atoms with van der Waals surface area (Å²) in [5, 5.41) is 200. The van der Waals surface area contributed by atoms with E-state index >= 15 is 0 Å². The normalized spacial score (nSPS) is 50.1. The Morgan fingerprint density at radius 1 is 0.343 bits per heavy atom. The fourth-order valence-corrected chi connectivity index (χ4v) is 8.97. The third kappa shape index (κ3) is 12.0. The standard InChI is InChI=1S/C38H67NO31/c39-8-60-34-25(57)31(29(13(5-44)64-34)67-35-22(54)19(51)16(48)11(3-42)62-35)59-7-15-18(50)32(28(61-15)10(47)2-41)69-38-26(58)33(70-37-24(56)21(53)27(66-37)9(46)1-40)30(14(6-45)65-38)68-36-23(55)20(52)17(49)12(4-43)63-36/h9-38,40-58H,1-8,39H2/t9-,10-,11?,12?,13?,14?,15+,16+,17+,18-,19+,20+,21?,22?,23?,24+,25?,26?,27+,28+,29+,30+,31-,32?,33-,34+,35-,36-,37+,38-/m1/s1. The first-order valence-electron chi connectivity index (χ1n) is 22.3. The third-order valence-corrected chi connectivity index (χ3v) is 12.9. The van der Waals surface area contributed by atoms with Crippen molar-refractivity contribution in [2.24, 2.45) is 5.73 Å². The molecule has 6 fully saturated rings. The average Bonchev–Trinajstić information content (AvgIpc) is 3.82. The van der Waals surface area contributed by atoms with E-state index in [2.05, 4.69) is 0 Å². The maximum absolute atomic E-state index is 11.9. The van der Waals surface area contributed by atoms with Crippen LogP contribution in [0.3, 0.4) is 0 Å². The highest BCUT2D eigenvalue weighted by molar-refractivity contribution is 5.01. The summed E-state index contributed by atoms with van der Waals surface area (Å²) in [6.07, 6.45) is -55.2. The van der Waals surface area contributed by atoms with Crippen LogP contribution < -0.4 is 5.73 Å². The molecule has 0 bridgehead atoms. The van der Waals surface area contributed by atoms with Gasteiger partial charge in [-0.3, -0.25) is 0 Å². The number of rotatable bonds is 21. The SMILES string of the molecule is NCO[C@H]1OC(CO)[C@H](O[C@H]2OC(CO)[C@H](O)[C@H](O)C2O)[C@H](OC[C@@H]2O[C@@H]([C@H](O)CO)C(O[C@H]3OC(CO)[C@H](O[C@H]4OC(CO)[C@H](O)[C@H](O)C4O)[C@H](O[C@@H]4O[C@@H]([C@H](O)CO)C(O)[C@@H]4O)C3O)[C@@H]2O)C1O. The fourth-order valence-electron chi connectivity index (χ4n) is 8.97. The summed E-state index contributed by atoms with van der Waals surface area (Å²) >= 11 is 0. The van der Waals surface area contributed by atoms with Gasteiger partial charge in [0.05, 0.1) is 53.0 Å². The second-order valence-electron chi connectivity index (χ2n) is 17.4. The van der Waals surface area contributed by atoms with Crippen LogP contribution in [0.2, 0.25) is 0 Å². The summed E-state index contributed by atoms with van der Waals surface area (Å²) in [6.45, 7) is -7.02. The molecule has 0 aliphatic carbocycles. The Balaban J connectivity index is 1.25. The molecule has 21 N–H and O–H groups in total. The molecule has 32 nitrogen and oxygen atoms in total. The number of aliphatic hydroxyl groups excluding tert-OH is 19. The van der Waals surface area contributed by atoms with Crippen LogP contribution in [0.25, 0.3) is 0 Å². The molecule has 6 rings (SSSR count). The van der Waals surface area contributed by atoms with E-state index in [1.165, 1.54) is 0 Å². The molecule has 32 heteroatoms. The van der Waals surface area contributed by atoms with Crippen LogP contribution in [-0.4, -0.2) is 334 Å². The zero-order chi connectivity index (χ0) is 51.5. The van der Waals surface area contributed by atoms with E-state index in [1.807, 2.05) is 0 Å². The van der Waals surface area contributed by atoms with Gasteiger partial charge in [-0.15, -0.1) is 0 Å². The third-order valence-electron chi connectivity index (χ3n) is 12.9. The van der Waals surface area contributed by atoms with Gasteiger partial charge >= 0.3 is 0 Å². The summed E-state index contributed by atoms with van der Waals surface area (Å²) in [6, 6.07) is 0. The van der Waals surface area contributed by atoms with Crippen LogP contribution in [-0.2, 0) is 56.8 Å². The molecular weight excluding hydrogens is 966 g/mol. The number of ether oxygens (including phenoxy) is 12. The van der Waals surface area contributed by atoms with Crippen molar-refractivity contribution in [2.75, 3.05) is 53.0 Å². The Bertz CT molecular complexity index is 1560. The Hall–Kier alpha value is -1.28. The molecule has 0 spiro atoms. The lowest BCUT2D eigenvalue weighted by Gasteiger charge is -2.48. The minimum atomic E-state index is -2.24. The van der Waals surface area contributed by atoms with Crippen molar-refractivity contribution in [3.63, 3.8) is 0 Å². The number of nitrogens with two attached hydrogens (primary N) is 1. The molecule has 0 aromatic carbocycles. The summed E-state index contributed by atoms with van der Waals surface area (Å²) in [4.78, 5) is 0. The van der Waals surface area contributed by atoms with E-state index < -0.39 is 237 Å². The van der Waals surface area contributed by atoms with Crippen molar-refractivity contribution in [1.82, 2.24) is 0 Å². The molecule has 0 aromatic heterocycles. The smallest absolute Gasteiger partial charge is 0.188 e. The predicted molar refractivity (Wildman–Crippen MR) is 212 cm³/mol. The molecule has 0 saturated carbocycles. The van der Waals surface area contributed by atoms with Crippen molar-refractivity contribution in [3.05, 3.63) is 0 Å². The Morgan fingerprint density at radius 3 is 1.24 bits per heavy atom. The first-order chi connectivity index (χ1) is 33.3. The van der Waals surface area contributed by atoms with Gasteiger partial charge in [0.15, 0.2) is 31.5 Å². The maximum atomic E-state index is 11.9. The van der Waals surface area contributed by atoms with Gasteiger partial charge in [0.25, 0.3) is 0 Å². The van der Waals surface area contributed by atoms with Crippen LogP contribution in [0, 0.1) is 0 Å². The van der Waals surface area contributed by atoms with Gasteiger partial charge < -0.3 is 160 Å². The molecule has 0 amide bonds. The van der Waals surface area contributed by atoms with Crippen molar-refractivity contribution < 1.29 is 154 Å². The molecule has 6 aliphatic rings. The summed E-state index contributed by atoms with van der Waals surface area (Å²) in [7, 11) is 0. The van der Waals surface area contributed by atoms with Crippen molar-refractivity contribution in [1.29, 1.82) is 0 Å². The Morgan fingerprint density at radius 2 is 0.743 bits per heavy atom. The Labute approximate surface area is 396 Å². The second kappa shape index (κ2) is 25.5. The zero-order valence-corrected chi connectivity index (χ0v) is 37.0. The number of hydrogen-bond donors (Lipinski definition) is 20. The van der Waals surface area contributed by atoms with Crippen LogP contribution >= 0.6 is 0 Å². The lowest BCUT2D eigenvalue weighted by atomic mass is 9.96. The van der Waals surface area contributed by atoms with Gasteiger partial charge in [0.2, 0.25) is 0 Å². The van der Waals surface area contributed by atoms with Crippen LogP contribution in [0.1, 0.15) is 0 Å². The average molecular weight is 1030 g/mol. The van der Waals surface area contributed by atoms with Crippen molar-refractivity contribution in [2.45, 2.75) is 184 Å². The molecular formula is C38H67NO31. The van der Waals surface area contributed by atoms with E-state index in [4.69, 9.17) is 62.6 Å². The molecule has 6 heterocycles. The van der Waals surface area contributed by atoms with Gasteiger partial charge in [0, 0.05) is 0 Å². The summed E-state index contributed by atoms with van der Waals surface area (Å²) < 4.78 is 68.4. The van der Waals surface area contributed by atoms with Crippen molar-refractivity contribution >= 4 is 0 Å². The lowest BCUT2D eigenvalue weighted by molar-refractivity contribution is -0.379. The molecule has 6 aliphatic heterocycles. The van der Waals surface area contributed by atoms with E-state index in [0.717, 1.165) is 0 Å². The van der Waals surface area contributed by atoms with Crippen LogP contribution in [0.15, 0.2) is 0 Å². The van der Waals surface area contributed by atoms with Gasteiger partial charge in [-0.25, -0.2) is 0 Å². The minimum Gasteiger partial charge on any atom is -0.394 e. The van der Waals surface area contributed by atoms with Crippen LogP contribution in [0.5, 0.6) is 0 Å². The minimum absolute atomic E-state index is 0.530. The topological polar surface area (TPSA) is 521 Å². The van der Waals surface area contributed by atoms with Crippen molar-refractivity contribution in [3.8, 4) is 0 Å². The predicted octanol–water partition coefficient (Wildman–Crippen LogP) is -14.1. The van der Waals surface area contributed by atoms with E-state index in [0.29, 0.717) is 0 Å². The number of hydrogen-bond acceptors (Lipinski definition) is 32. The highest BCUT2D eigenvalue weighted by atomic mass is 16.8. The lowest BCUT2D eigenvalue weighted by Crippen LogP contribution is -2.66. The number of aliphatic hydroxyl groups is 19. The first kappa shape index (κ1) is 58.0. The summed E-state index contributed by atoms with van der Waals surface area (Å²) in [5.41, 5.74) is 5.51. The summed E-state index contributed by atoms with van der Waals surface area (Å²) in [5.74, 6) is 0. The second-order valence-corrected chi connectivity index (χ2v) is 17.4. The van der Waals surface area contributed by atoms with Gasteiger partial charge in [0.1, 0.15) is 153 Å². The molecule has 0 radical (unpaired) electrons. The fraction of sp³-hybridized carbons (Fsp3) is 1.00. The van der Waals surface area contributed by atoms with Gasteiger partial charge in [-0.2, -0.15) is 0 Å². The Kier molecular flexibility index (Phi) is 21.1. The van der Waals surface area contributed by atoms with Gasteiger partial charge in [-0.05, 0) is 0 Å². The first-order valence-corrected chi connectivity index (χ1v) is 22.3. The highest BCUT2D eigenvalue weighted by Gasteiger charge is 2.58. The quantitative estimate of drug-likeness (QED) is 0.0475.